The fourth-order valence-corrected chi connectivity index (χ4v) is 2.15. The minimum atomic E-state index is -4.85. The highest BCUT2D eigenvalue weighted by atomic mass is 19.4. The van der Waals surface area contributed by atoms with E-state index in [4.69, 9.17) is 4.74 Å². The van der Waals surface area contributed by atoms with Crippen LogP contribution < -0.4 is 10.1 Å². The van der Waals surface area contributed by atoms with Gasteiger partial charge in [0, 0.05) is 12.0 Å². The number of halogens is 3. The lowest BCUT2D eigenvalue weighted by atomic mass is 9.98. The number of rotatable bonds is 3. The molecule has 1 aromatic carbocycles. The molecule has 1 aliphatic rings. The van der Waals surface area contributed by atoms with E-state index in [1.807, 2.05) is 0 Å². The summed E-state index contributed by atoms with van der Waals surface area (Å²) in [6.45, 7) is 0.960. The average molecular weight is 303 g/mol. The van der Waals surface area contributed by atoms with Crippen molar-refractivity contribution in [1.29, 1.82) is 0 Å². The smallest absolute Gasteiger partial charge is 0.417 e. The molecule has 0 radical (unpaired) electrons. The zero-order valence-corrected chi connectivity index (χ0v) is 11.4. The molecule has 2 N–H and O–H groups in total. The van der Waals surface area contributed by atoms with Gasteiger partial charge in [-0.1, -0.05) is 18.2 Å². The zero-order chi connectivity index (χ0) is 15.7. The summed E-state index contributed by atoms with van der Waals surface area (Å²) < 4.78 is 43.1. The lowest BCUT2D eigenvalue weighted by Gasteiger charge is -2.29. The van der Waals surface area contributed by atoms with Crippen LogP contribution in [0.1, 0.15) is 31.4 Å². The Kier molecular flexibility index (Phi) is 4.13. The minimum Gasteiger partial charge on any atom is -0.493 e. The van der Waals surface area contributed by atoms with E-state index in [9.17, 15) is 23.1 Å². The Morgan fingerprint density at radius 3 is 2.76 bits per heavy atom. The summed E-state index contributed by atoms with van der Waals surface area (Å²) in [6.07, 6.45) is -5.41. The number of benzene rings is 1. The number of nitrogens with one attached hydrogen (secondary N) is 1. The van der Waals surface area contributed by atoms with Crippen LogP contribution in [0, 0.1) is 0 Å². The lowest BCUT2D eigenvalue weighted by Crippen LogP contribution is -2.46. The van der Waals surface area contributed by atoms with E-state index in [-0.39, 0.29) is 0 Å². The summed E-state index contributed by atoms with van der Waals surface area (Å²) in [4.78, 5) is 11.8. The van der Waals surface area contributed by atoms with Crippen LogP contribution in [0.5, 0.6) is 5.75 Å². The van der Waals surface area contributed by atoms with Gasteiger partial charge in [-0.25, -0.2) is 0 Å². The first kappa shape index (κ1) is 15.6. The van der Waals surface area contributed by atoms with Crippen LogP contribution in [-0.4, -0.2) is 29.4 Å². The molecule has 4 nitrogen and oxygen atoms in total. The van der Waals surface area contributed by atoms with Crippen LogP contribution in [-0.2, 0) is 4.79 Å². The molecule has 116 valence electrons. The van der Waals surface area contributed by atoms with Gasteiger partial charge in [-0.3, -0.25) is 4.79 Å². The summed E-state index contributed by atoms with van der Waals surface area (Å²) in [7, 11) is 0. The number of amides is 1. The molecule has 0 aromatic heterocycles. The predicted octanol–water partition coefficient (Wildman–Crippen LogP) is 2.33. The molecule has 1 aliphatic heterocycles. The van der Waals surface area contributed by atoms with Crippen LogP contribution in [0.2, 0.25) is 0 Å². The monoisotopic (exact) mass is 303 g/mol. The van der Waals surface area contributed by atoms with Gasteiger partial charge in [-0.15, -0.1) is 0 Å². The maximum Gasteiger partial charge on any atom is 0.417 e. The standard InChI is InChI=1S/C14H16F3NO3/c1-13(20,14(15,16)17)8-12(19)18-10-6-7-21-11-5-3-2-4-9(10)11/h2-5,10,20H,6-8H2,1H3,(H,18,19)/t10-,13+/m0/s1. The first-order valence-corrected chi connectivity index (χ1v) is 6.51. The van der Waals surface area contributed by atoms with Crippen molar-refractivity contribution in [3.8, 4) is 5.75 Å². The van der Waals surface area contributed by atoms with Gasteiger partial charge < -0.3 is 15.2 Å². The van der Waals surface area contributed by atoms with Crippen molar-refractivity contribution < 1.29 is 27.8 Å². The van der Waals surface area contributed by atoms with Gasteiger partial charge in [-0.2, -0.15) is 13.2 Å². The van der Waals surface area contributed by atoms with Gasteiger partial charge >= 0.3 is 6.18 Å². The van der Waals surface area contributed by atoms with Crippen molar-refractivity contribution in [2.24, 2.45) is 0 Å². The van der Waals surface area contributed by atoms with E-state index in [1.165, 1.54) is 0 Å². The van der Waals surface area contributed by atoms with E-state index in [1.54, 1.807) is 24.3 Å². The van der Waals surface area contributed by atoms with Crippen LogP contribution in [0.4, 0.5) is 13.2 Å². The summed E-state index contributed by atoms with van der Waals surface area (Å²) >= 11 is 0. The van der Waals surface area contributed by atoms with Crippen molar-refractivity contribution in [1.82, 2.24) is 5.32 Å². The number of carbonyl (C=O) groups is 1. The average Bonchev–Trinajstić information content (AvgIpc) is 2.37. The Balaban J connectivity index is 2.05. The molecule has 1 amide bonds. The summed E-state index contributed by atoms with van der Waals surface area (Å²) in [5.41, 5.74) is -2.31. The van der Waals surface area contributed by atoms with Crippen molar-refractivity contribution in [3.05, 3.63) is 29.8 Å². The van der Waals surface area contributed by atoms with Crippen molar-refractivity contribution in [3.63, 3.8) is 0 Å². The van der Waals surface area contributed by atoms with Gasteiger partial charge in [0.05, 0.1) is 19.1 Å². The SMILES string of the molecule is C[C@@](O)(CC(=O)N[C@H]1CCOc2ccccc21)C(F)(F)F. The zero-order valence-electron chi connectivity index (χ0n) is 11.4. The van der Waals surface area contributed by atoms with Gasteiger partial charge in [0.15, 0.2) is 5.60 Å². The molecule has 1 aromatic rings. The Labute approximate surface area is 119 Å². The maximum atomic E-state index is 12.6. The van der Waals surface area contributed by atoms with E-state index in [2.05, 4.69) is 5.32 Å². The largest absolute Gasteiger partial charge is 0.493 e. The lowest BCUT2D eigenvalue weighted by molar-refractivity contribution is -0.253. The first-order chi connectivity index (χ1) is 9.71. The van der Waals surface area contributed by atoms with Crippen LogP contribution in [0.3, 0.4) is 0 Å². The number of aliphatic hydroxyl groups is 1. The third-order valence-corrected chi connectivity index (χ3v) is 3.41. The molecule has 2 atom stereocenters. The minimum absolute atomic E-state index is 0.373. The second-order valence-corrected chi connectivity index (χ2v) is 5.24. The van der Waals surface area contributed by atoms with Gasteiger partial charge in [0.2, 0.25) is 5.91 Å². The van der Waals surface area contributed by atoms with E-state index >= 15 is 0 Å². The molecule has 0 unspecified atom stereocenters. The molecule has 0 fully saturated rings. The Morgan fingerprint density at radius 2 is 2.10 bits per heavy atom. The highest BCUT2D eigenvalue weighted by Crippen LogP contribution is 2.34. The fourth-order valence-electron chi connectivity index (χ4n) is 2.15. The van der Waals surface area contributed by atoms with Gasteiger partial charge in [-0.05, 0) is 13.0 Å². The molecule has 0 aliphatic carbocycles. The number of fused-ring (bicyclic) bond motifs is 1. The molecular formula is C14H16F3NO3. The third kappa shape index (κ3) is 3.47. The third-order valence-electron chi connectivity index (χ3n) is 3.41. The Morgan fingerprint density at radius 1 is 1.43 bits per heavy atom. The summed E-state index contributed by atoms with van der Waals surface area (Å²) in [5, 5.41) is 11.9. The Bertz CT molecular complexity index is 528. The van der Waals surface area contributed by atoms with E-state index in [0.717, 1.165) is 5.56 Å². The fraction of sp³-hybridized carbons (Fsp3) is 0.500. The van der Waals surface area contributed by atoms with Crippen molar-refractivity contribution in [2.75, 3.05) is 6.61 Å². The van der Waals surface area contributed by atoms with Crippen LogP contribution in [0.25, 0.3) is 0 Å². The quantitative estimate of drug-likeness (QED) is 0.901. The Hall–Kier alpha value is -1.76. The molecule has 2 rings (SSSR count). The van der Waals surface area contributed by atoms with Crippen molar-refractivity contribution in [2.45, 2.75) is 37.6 Å². The maximum absolute atomic E-state index is 12.6. The second kappa shape index (κ2) is 5.55. The van der Waals surface area contributed by atoms with Gasteiger partial charge in [0.1, 0.15) is 5.75 Å². The van der Waals surface area contributed by atoms with E-state index in [0.29, 0.717) is 25.7 Å². The number of carbonyl (C=O) groups excluding carboxylic acids is 1. The molecule has 1 heterocycles. The molecule has 0 saturated carbocycles. The molecule has 21 heavy (non-hydrogen) atoms. The number of hydrogen-bond donors (Lipinski definition) is 2. The topological polar surface area (TPSA) is 58.6 Å². The first-order valence-electron chi connectivity index (χ1n) is 6.51. The molecule has 0 bridgehead atoms. The number of hydrogen-bond acceptors (Lipinski definition) is 3. The molecule has 0 spiro atoms. The number of para-hydroxylation sites is 1. The highest BCUT2D eigenvalue weighted by Gasteiger charge is 2.51. The number of ether oxygens (including phenoxy) is 1. The molecule has 7 heteroatoms. The summed E-state index contributed by atoms with van der Waals surface area (Å²) in [5.74, 6) is -0.240. The van der Waals surface area contributed by atoms with Crippen molar-refractivity contribution >= 4 is 5.91 Å². The highest BCUT2D eigenvalue weighted by molar-refractivity contribution is 5.77. The summed E-state index contributed by atoms with van der Waals surface area (Å²) in [6, 6.07) is 6.61. The van der Waals surface area contributed by atoms with Crippen LogP contribution in [0.15, 0.2) is 24.3 Å². The predicted molar refractivity (Wildman–Crippen MR) is 68.7 cm³/mol. The molecule has 0 saturated heterocycles. The number of alkyl halides is 3. The molecular weight excluding hydrogens is 287 g/mol. The van der Waals surface area contributed by atoms with E-state index < -0.39 is 30.1 Å². The van der Waals surface area contributed by atoms with Gasteiger partial charge in [0.25, 0.3) is 0 Å². The second-order valence-electron chi connectivity index (χ2n) is 5.24. The normalized spacial score (nSPS) is 20.9. The van der Waals surface area contributed by atoms with Crippen LogP contribution >= 0.6 is 0 Å².